The van der Waals surface area contributed by atoms with E-state index in [2.05, 4.69) is 10.1 Å². The predicted molar refractivity (Wildman–Crippen MR) is 133 cm³/mol. The molecule has 1 aromatic carbocycles. The Morgan fingerprint density at radius 3 is 2.67 bits per heavy atom. The second-order valence-corrected chi connectivity index (χ2v) is 10.1. The minimum Gasteiger partial charge on any atom is -0.445 e. The number of aromatic amines is 1. The minimum atomic E-state index is -0.635. The number of H-pyrrole nitrogens is 1. The molecule has 0 bridgehead atoms. The fourth-order valence-corrected chi connectivity index (χ4v) is 4.70. The summed E-state index contributed by atoms with van der Waals surface area (Å²) in [6.07, 6.45) is -0.182. The van der Waals surface area contributed by atoms with Crippen molar-refractivity contribution in [2.45, 2.75) is 52.9 Å². The van der Waals surface area contributed by atoms with Crippen molar-refractivity contribution in [3.8, 4) is 6.07 Å². The Balaban J connectivity index is 1.21. The topological polar surface area (TPSA) is 163 Å². The summed E-state index contributed by atoms with van der Waals surface area (Å²) >= 11 is 6.18. The molecule has 0 atom stereocenters. The number of amides is 2. The van der Waals surface area contributed by atoms with E-state index in [-0.39, 0.29) is 66.4 Å². The lowest BCUT2D eigenvalue weighted by atomic mass is 9.96. The SMILES string of the molecule is CC(C)C(=O)Cc1cc(C#N)c(Cl)cc1COC(=O)N1Cc2nc(C(=O)N3CCc4c(o[nH]c4=O)C3)oc2C1. The normalized spacial score (nSPS) is 14.2. The number of nitriles is 1. The number of ether oxygens (including phenoxy) is 1. The Hall–Kier alpha value is -4.37. The number of aromatic nitrogens is 2. The van der Waals surface area contributed by atoms with Crippen molar-refractivity contribution in [3.05, 3.63) is 72.9 Å². The van der Waals surface area contributed by atoms with E-state index in [0.717, 1.165) is 0 Å². The molecule has 5 rings (SSSR count). The summed E-state index contributed by atoms with van der Waals surface area (Å²) in [7, 11) is 0. The Morgan fingerprint density at radius 1 is 1.18 bits per heavy atom. The molecular weight excluding hydrogens is 530 g/mol. The first-order chi connectivity index (χ1) is 18.6. The Labute approximate surface area is 227 Å². The molecule has 2 aliphatic rings. The van der Waals surface area contributed by atoms with Crippen LogP contribution in [0.4, 0.5) is 4.79 Å². The molecule has 39 heavy (non-hydrogen) atoms. The number of carbonyl (C=O) groups is 3. The predicted octanol–water partition coefficient (Wildman–Crippen LogP) is 3.10. The largest absolute Gasteiger partial charge is 0.445 e. The summed E-state index contributed by atoms with van der Waals surface area (Å²) in [5.41, 5.74) is 2.04. The number of halogens is 1. The van der Waals surface area contributed by atoms with Gasteiger partial charge >= 0.3 is 12.0 Å². The van der Waals surface area contributed by atoms with Crippen LogP contribution in [0.15, 0.2) is 25.9 Å². The molecule has 2 aromatic heterocycles. The van der Waals surface area contributed by atoms with E-state index >= 15 is 0 Å². The highest BCUT2D eigenvalue weighted by molar-refractivity contribution is 6.31. The van der Waals surface area contributed by atoms with E-state index in [9.17, 15) is 24.4 Å². The van der Waals surface area contributed by atoms with E-state index < -0.39 is 12.0 Å². The van der Waals surface area contributed by atoms with E-state index in [1.165, 1.54) is 15.9 Å². The van der Waals surface area contributed by atoms with E-state index in [1.807, 2.05) is 6.07 Å². The van der Waals surface area contributed by atoms with Gasteiger partial charge in [-0.3, -0.25) is 19.3 Å². The standard InChI is InChI=1S/C26H24ClN5O7/c1-13(2)20(33)7-14-5-15(8-28)18(27)6-16(14)12-37-26(36)32-9-19-22(11-32)38-24(29-19)25(35)31-4-3-17-21(10-31)39-30-23(17)34/h5-6,13H,3-4,7,9-12H2,1-2H3,(H,30,34). The summed E-state index contributed by atoms with van der Waals surface area (Å²) < 4.78 is 16.3. The first-order valence-electron chi connectivity index (χ1n) is 12.3. The smallest absolute Gasteiger partial charge is 0.410 e. The van der Waals surface area contributed by atoms with Crippen molar-refractivity contribution >= 4 is 29.4 Å². The third-order valence-electron chi connectivity index (χ3n) is 6.80. The molecular formula is C26H24ClN5O7. The molecule has 13 heteroatoms. The van der Waals surface area contributed by atoms with Crippen LogP contribution in [-0.2, 0) is 48.6 Å². The molecule has 0 fully saturated rings. The molecule has 0 radical (unpaired) electrons. The molecule has 0 aliphatic carbocycles. The number of hydrogen-bond acceptors (Lipinski definition) is 9. The van der Waals surface area contributed by atoms with E-state index in [1.54, 1.807) is 19.9 Å². The van der Waals surface area contributed by atoms with Gasteiger partial charge in [-0.05, 0) is 29.7 Å². The lowest BCUT2D eigenvalue weighted by molar-refractivity contribution is -0.121. The van der Waals surface area contributed by atoms with Gasteiger partial charge < -0.3 is 18.6 Å². The fourth-order valence-electron chi connectivity index (χ4n) is 4.47. The highest BCUT2D eigenvalue weighted by Gasteiger charge is 2.34. The molecule has 202 valence electrons. The Bertz CT molecular complexity index is 1550. The maximum absolute atomic E-state index is 12.9. The number of benzene rings is 1. The maximum atomic E-state index is 12.9. The number of nitrogens with one attached hydrogen (secondary N) is 1. The van der Waals surface area contributed by atoms with Crippen LogP contribution in [0.25, 0.3) is 0 Å². The van der Waals surface area contributed by atoms with Crippen LogP contribution in [0.5, 0.6) is 0 Å². The van der Waals surface area contributed by atoms with Crippen LogP contribution in [0.3, 0.4) is 0 Å². The van der Waals surface area contributed by atoms with E-state index in [0.29, 0.717) is 46.9 Å². The summed E-state index contributed by atoms with van der Waals surface area (Å²) in [4.78, 5) is 56.8. The van der Waals surface area contributed by atoms with Crippen molar-refractivity contribution in [1.29, 1.82) is 5.26 Å². The number of Topliss-reactive ketones (excluding diaryl/α,β-unsaturated/α-hetero) is 1. The number of carbonyl (C=O) groups excluding carboxylic acids is 3. The van der Waals surface area contributed by atoms with Crippen LogP contribution in [0.1, 0.15) is 64.0 Å². The van der Waals surface area contributed by atoms with Gasteiger partial charge in [-0.1, -0.05) is 25.4 Å². The highest BCUT2D eigenvalue weighted by atomic mass is 35.5. The second-order valence-electron chi connectivity index (χ2n) is 9.72. The zero-order chi connectivity index (χ0) is 27.8. The third kappa shape index (κ3) is 5.18. The Kier molecular flexibility index (Phi) is 7.01. The van der Waals surface area contributed by atoms with Crippen molar-refractivity contribution < 1.29 is 28.1 Å². The van der Waals surface area contributed by atoms with E-state index in [4.69, 9.17) is 25.3 Å². The Morgan fingerprint density at radius 2 is 1.95 bits per heavy atom. The summed E-state index contributed by atoms with van der Waals surface area (Å²) in [6, 6.07) is 5.08. The first kappa shape index (κ1) is 26.2. The second kappa shape index (κ2) is 10.4. The zero-order valence-electron chi connectivity index (χ0n) is 21.2. The lowest BCUT2D eigenvalue weighted by Crippen LogP contribution is -2.37. The van der Waals surface area contributed by atoms with Crippen LogP contribution in [0.2, 0.25) is 5.02 Å². The molecule has 0 spiro atoms. The number of oxazole rings is 1. The molecule has 0 unspecified atom stereocenters. The average molecular weight is 554 g/mol. The minimum absolute atomic E-state index is 0.0167. The van der Waals surface area contributed by atoms with Gasteiger partial charge in [0.1, 0.15) is 29.9 Å². The zero-order valence-corrected chi connectivity index (χ0v) is 22.0. The van der Waals surface area contributed by atoms with Gasteiger partial charge in [0.25, 0.3) is 11.4 Å². The number of nitrogens with zero attached hydrogens (tertiary/aromatic N) is 4. The third-order valence-corrected chi connectivity index (χ3v) is 7.11. The lowest BCUT2D eigenvalue weighted by Gasteiger charge is -2.23. The van der Waals surface area contributed by atoms with Gasteiger partial charge in [0.05, 0.1) is 35.8 Å². The van der Waals surface area contributed by atoms with Gasteiger partial charge in [-0.25, -0.2) is 9.78 Å². The van der Waals surface area contributed by atoms with Crippen LogP contribution < -0.4 is 5.56 Å². The molecule has 1 N–H and O–H groups in total. The fraction of sp³-hybridized carbons (Fsp3) is 0.385. The maximum Gasteiger partial charge on any atom is 0.410 e. The highest BCUT2D eigenvalue weighted by Crippen LogP contribution is 2.27. The van der Waals surface area contributed by atoms with Gasteiger partial charge in [-0.15, -0.1) is 0 Å². The van der Waals surface area contributed by atoms with Crippen molar-refractivity contribution in [2.75, 3.05) is 6.54 Å². The van der Waals surface area contributed by atoms with Crippen LogP contribution in [0, 0.1) is 17.2 Å². The molecule has 2 amide bonds. The van der Waals surface area contributed by atoms with Gasteiger partial charge in [0.15, 0.2) is 5.76 Å². The first-order valence-corrected chi connectivity index (χ1v) is 12.6. The number of fused-ring (bicyclic) bond motifs is 2. The van der Waals surface area contributed by atoms with Crippen molar-refractivity contribution in [3.63, 3.8) is 0 Å². The quantitative estimate of drug-likeness (QED) is 0.483. The molecule has 2 aliphatic heterocycles. The molecule has 3 aromatic rings. The van der Waals surface area contributed by atoms with Crippen molar-refractivity contribution in [1.82, 2.24) is 19.9 Å². The monoisotopic (exact) mass is 553 g/mol. The van der Waals surface area contributed by atoms with Crippen LogP contribution >= 0.6 is 11.6 Å². The average Bonchev–Trinajstić information content (AvgIpc) is 3.61. The number of ketones is 1. The molecule has 0 saturated carbocycles. The summed E-state index contributed by atoms with van der Waals surface area (Å²) in [6.45, 7) is 4.04. The van der Waals surface area contributed by atoms with Gasteiger partial charge in [0.2, 0.25) is 0 Å². The van der Waals surface area contributed by atoms with Crippen LogP contribution in [-0.4, -0.2) is 44.3 Å². The van der Waals surface area contributed by atoms with Crippen molar-refractivity contribution in [2.24, 2.45) is 5.92 Å². The summed E-state index contributed by atoms with van der Waals surface area (Å²) in [5, 5.41) is 11.8. The molecule has 4 heterocycles. The molecule has 12 nitrogen and oxygen atoms in total. The summed E-state index contributed by atoms with van der Waals surface area (Å²) in [5.74, 6) is 0.0460. The van der Waals surface area contributed by atoms with Gasteiger partial charge in [0, 0.05) is 18.9 Å². The number of rotatable bonds is 6. The van der Waals surface area contributed by atoms with Gasteiger partial charge in [-0.2, -0.15) is 10.4 Å². The number of hydrogen-bond donors (Lipinski definition) is 1. The molecule has 0 saturated heterocycles.